The molecule has 0 fully saturated rings. The molecule has 2 aromatic carbocycles. The Morgan fingerprint density at radius 3 is 2.16 bits per heavy atom. The molecule has 5 nitrogen and oxygen atoms in total. The minimum atomic E-state index is -0.713. The molecule has 25 heavy (non-hydrogen) atoms. The fourth-order valence-corrected chi connectivity index (χ4v) is 3.70. The van der Waals surface area contributed by atoms with E-state index in [9.17, 15) is 14.4 Å². The molecule has 0 saturated carbocycles. The minimum absolute atomic E-state index is 0.272. The summed E-state index contributed by atoms with van der Waals surface area (Å²) in [4.78, 5) is 38.0. The first-order chi connectivity index (χ1) is 11.9. The van der Waals surface area contributed by atoms with Crippen molar-refractivity contribution in [1.82, 2.24) is 9.13 Å². The predicted octanol–water partition coefficient (Wildman–Crippen LogP) is 3.52. The molecular weight excluding hydrogens is 452 g/mol. The van der Waals surface area contributed by atoms with Gasteiger partial charge in [0.1, 0.15) is 0 Å². The van der Waals surface area contributed by atoms with Gasteiger partial charge in [-0.05, 0) is 37.3 Å². The third-order valence-corrected chi connectivity index (χ3v) is 4.53. The van der Waals surface area contributed by atoms with Gasteiger partial charge < -0.3 is 0 Å². The lowest BCUT2D eigenvalue weighted by Gasteiger charge is -2.12. The summed E-state index contributed by atoms with van der Waals surface area (Å²) in [5, 5.41) is 0. The molecule has 3 rings (SSSR count). The molecule has 0 aliphatic heterocycles. The number of benzene rings is 2. The highest BCUT2D eigenvalue weighted by molar-refractivity contribution is 9.11. The second kappa shape index (κ2) is 6.93. The second-order valence-corrected chi connectivity index (χ2v) is 7.24. The summed E-state index contributed by atoms with van der Waals surface area (Å²) in [5.41, 5.74) is -0.239. The Labute approximate surface area is 159 Å². The van der Waals surface area contributed by atoms with Crippen LogP contribution < -0.4 is 11.2 Å². The number of carbonyl (C=O) groups excluding carboxylic acids is 1. The van der Waals surface area contributed by atoms with Crippen LogP contribution in [0.4, 0.5) is 0 Å². The van der Waals surface area contributed by atoms with Crippen LogP contribution in [0.2, 0.25) is 0 Å². The van der Waals surface area contributed by atoms with E-state index in [2.05, 4.69) is 31.9 Å². The first kappa shape index (κ1) is 17.6. The fourth-order valence-electron chi connectivity index (χ4n) is 2.43. The molecule has 0 N–H and O–H groups in total. The molecular formula is C18H12Br2N2O3. The molecule has 0 unspecified atom stereocenters. The number of halogens is 2. The number of aromatic nitrogens is 2. The maximum absolute atomic E-state index is 12.9. The first-order valence-electron chi connectivity index (χ1n) is 7.30. The van der Waals surface area contributed by atoms with Crippen LogP contribution in [-0.2, 0) is 0 Å². The summed E-state index contributed by atoms with van der Waals surface area (Å²) < 4.78 is 3.47. The molecule has 0 aliphatic carbocycles. The molecule has 7 heteroatoms. The summed E-state index contributed by atoms with van der Waals surface area (Å²) >= 11 is 6.74. The summed E-state index contributed by atoms with van der Waals surface area (Å²) in [6.45, 7) is 1.57. The molecule has 126 valence electrons. The molecule has 0 spiro atoms. The van der Waals surface area contributed by atoms with Gasteiger partial charge in [0.2, 0.25) is 0 Å². The highest BCUT2D eigenvalue weighted by Crippen LogP contribution is 2.21. The van der Waals surface area contributed by atoms with Crippen molar-refractivity contribution < 1.29 is 4.79 Å². The Balaban J connectivity index is 2.28. The maximum atomic E-state index is 12.9. The Morgan fingerprint density at radius 1 is 0.960 bits per heavy atom. The van der Waals surface area contributed by atoms with Crippen molar-refractivity contribution in [3.05, 3.63) is 95.6 Å². The lowest BCUT2D eigenvalue weighted by atomic mass is 10.2. The van der Waals surface area contributed by atoms with Crippen molar-refractivity contribution in [3.63, 3.8) is 0 Å². The molecule has 0 amide bonds. The van der Waals surface area contributed by atoms with Crippen molar-refractivity contribution in [2.45, 2.75) is 6.92 Å². The van der Waals surface area contributed by atoms with Gasteiger partial charge in [-0.15, -0.1) is 0 Å². The van der Waals surface area contributed by atoms with Crippen molar-refractivity contribution in [2.75, 3.05) is 0 Å². The van der Waals surface area contributed by atoms with Crippen molar-refractivity contribution >= 4 is 37.8 Å². The van der Waals surface area contributed by atoms with Crippen LogP contribution in [0.15, 0.2) is 73.3 Å². The monoisotopic (exact) mass is 462 g/mol. The zero-order valence-corrected chi connectivity index (χ0v) is 16.2. The van der Waals surface area contributed by atoms with E-state index >= 15 is 0 Å². The Bertz CT molecular complexity index is 1070. The van der Waals surface area contributed by atoms with E-state index in [1.54, 1.807) is 49.4 Å². The summed E-state index contributed by atoms with van der Waals surface area (Å²) in [6.07, 6.45) is 1.44. The summed E-state index contributed by atoms with van der Waals surface area (Å²) in [6, 6.07) is 13.5. The van der Waals surface area contributed by atoms with E-state index in [1.807, 2.05) is 6.07 Å². The smallest absolute Gasteiger partial charge is 0.268 e. The lowest BCUT2D eigenvalue weighted by Crippen LogP contribution is -2.44. The lowest BCUT2D eigenvalue weighted by molar-refractivity contribution is 0.0949. The summed E-state index contributed by atoms with van der Waals surface area (Å²) in [7, 11) is 0. The van der Waals surface area contributed by atoms with Gasteiger partial charge in [-0.1, -0.05) is 50.1 Å². The summed E-state index contributed by atoms with van der Waals surface area (Å²) in [5.74, 6) is -0.651. The molecule has 1 heterocycles. The standard InChI is InChI=1S/C18H12Br2N2O3/c1-11-10-21(15-8-13(19)7-14(20)9-15)18(25)22(16(11)23)17(24)12-5-3-2-4-6-12/h2-10H,1H3. The van der Waals surface area contributed by atoms with Crippen LogP contribution in [0.3, 0.4) is 0 Å². The average Bonchev–Trinajstić information content (AvgIpc) is 2.58. The molecule has 0 aliphatic rings. The Kier molecular flexibility index (Phi) is 4.87. The molecule has 0 atom stereocenters. The van der Waals surface area contributed by atoms with Gasteiger partial charge in [0.15, 0.2) is 0 Å². The number of carbonyl (C=O) groups is 1. The molecule has 0 saturated heterocycles. The van der Waals surface area contributed by atoms with Gasteiger partial charge in [-0.25, -0.2) is 4.79 Å². The van der Waals surface area contributed by atoms with Gasteiger partial charge in [0, 0.05) is 26.3 Å². The van der Waals surface area contributed by atoms with E-state index in [4.69, 9.17) is 0 Å². The molecule has 1 aromatic heterocycles. The van der Waals surface area contributed by atoms with Crippen LogP contribution in [-0.4, -0.2) is 15.0 Å². The van der Waals surface area contributed by atoms with Crippen molar-refractivity contribution in [3.8, 4) is 5.69 Å². The van der Waals surface area contributed by atoms with E-state index < -0.39 is 17.2 Å². The first-order valence-corrected chi connectivity index (χ1v) is 8.88. The SMILES string of the molecule is Cc1cn(-c2cc(Br)cc(Br)c2)c(=O)n(C(=O)c2ccccc2)c1=O. The van der Waals surface area contributed by atoms with Gasteiger partial charge in [-0.3, -0.25) is 14.2 Å². The van der Waals surface area contributed by atoms with Gasteiger partial charge in [0.25, 0.3) is 11.5 Å². The number of hydrogen-bond acceptors (Lipinski definition) is 3. The molecule has 3 aromatic rings. The number of rotatable bonds is 2. The van der Waals surface area contributed by atoms with Crippen LogP contribution >= 0.6 is 31.9 Å². The van der Waals surface area contributed by atoms with Gasteiger partial charge in [-0.2, -0.15) is 4.57 Å². The van der Waals surface area contributed by atoms with E-state index in [-0.39, 0.29) is 5.56 Å². The normalized spacial score (nSPS) is 10.7. The highest BCUT2D eigenvalue weighted by Gasteiger charge is 2.18. The van der Waals surface area contributed by atoms with E-state index in [0.29, 0.717) is 15.8 Å². The van der Waals surface area contributed by atoms with Gasteiger partial charge >= 0.3 is 5.69 Å². The molecule has 0 bridgehead atoms. The Morgan fingerprint density at radius 2 is 1.56 bits per heavy atom. The third kappa shape index (κ3) is 3.43. The number of nitrogens with zero attached hydrogens (tertiary/aromatic N) is 2. The zero-order valence-electron chi connectivity index (χ0n) is 13.1. The Hall–Kier alpha value is -2.25. The van der Waals surface area contributed by atoms with Crippen LogP contribution in [0.5, 0.6) is 0 Å². The minimum Gasteiger partial charge on any atom is -0.268 e. The second-order valence-electron chi connectivity index (χ2n) is 5.40. The van der Waals surface area contributed by atoms with Crippen LogP contribution in [0, 0.1) is 6.92 Å². The molecule has 0 radical (unpaired) electrons. The van der Waals surface area contributed by atoms with E-state index in [0.717, 1.165) is 8.95 Å². The average molecular weight is 464 g/mol. The largest absolute Gasteiger partial charge is 0.342 e. The number of aryl methyl sites for hydroxylation is 1. The van der Waals surface area contributed by atoms with Crippen LogP contribution in [0.25, 0.3) is 5.69 Å². The van der Waals surface area contributed by atoms with Crippen molar-refractivity contribution in [2.24, 2.45) is 0 Å². The van der Waals surface area contributed by atoms with E-state index in [1.165, 1.54) is 10.8 Å². The fraction of sp³-hybridized carbons (Fsp3) is 0.0556. The topological polar surface area (TPSA) is 61.1 Å². The quantitative estimate of drug-likeness (QED) is 0.584. The maximum Gasteiger partial charge on any atom is 0.342 e. The zero-order chi connectivity index (χ0) is 18.1. The predicted molar refractivity (Wildman–Crippen MR) is 103 cm³/mol. The number of hydrogen-bond donors (Lipinski definition) is 0. The van der Waals surface area contributed by atoms with Gasteiger partial charge in [0.05, 0.1) is 5.69 Å². The van der Waals surface area contributed by atoms with Crippen LogP contribution in [0.1, 0.15) is 15.9 Å². The third-order valence-electron chi connectivity index (χ3n) is 3.61. The highest BCUT2D eigenvalue weighted by atomic mass is 79.9. The van der Waals surface area contributed by atoms with Crippen molar-refractivity contribution in [1.29, 1.82) is 0 Å².